The molecule has 1 fully saturated rings. The molecule has 0 aliphatic carbocycles. The molecule has 1 aliphatic rings. The average Bonchev–Trinajstić information content (AvgIpc) is 2.45. The van der Waals surface area contributed by atoms with Gasteiger partial charge in [-0.15, -0.1) is 0 Å². The van der Waals surface area contributed by atoms with E-state index >= 15 is 0 Å². The van der Waals surface area contributed by atoms with Crippen LogP contribution in [0.2, 0.25) is 0 Å². The lowest BCUT2D eigenvalue weighted by atomic mass is 9.83. The predicted molar refractivity (Wildman–Crippen MR) is 89.1 cm³/mol. The Balaban J connectivity index is 2.12. The molecule has 0 saturated carbocycles. The largest absolute Gasteiger partial charge is 0.381 e. The summed E-state index contributed by atoms with van der Waals surface area (Å²) in [6.45, 7) is 7.51. The second-order valence-corrected chi connectivity index (χ2v) is 8.96. The smallest absolute Gasteiger partial charge is 0.212 e. The van der Waals surface area contributed by atoms with Crippen molar-refractivity contribution < 1.29 is 13.2 Å². The first-order valence-electron chi connectivity index (χ1n) is 7.90. The fourth-order valence-electron chi connectivity index (χ4n) is 2.84. The molecule has 0 aromatic heterocycles. The van der Waals surface area contributed by atoms with Crippen LogP contribution < -0.4 is 4.72 Å². The molecule has 0 bridgehead atoms. The maximum absolute atomic E-state index is 12.6. The molecule has 0 radical (unpaired) electrons. The highest BCUT2D eigenvalue weighted by molar-refractivity contribution is 7.89. The third-order valence-corrected chi connectivity index (χ3v) is 5.60. The van der Waals surface area contributed by atoms with Crippen LogP contribution in [0.4, 0.5) is 0 Å². The van der Waals surface area contributed by atoms with E-state index in [1.807, 2.05) is 30.3 Å². The van der Waals surface area contributed by atoms with Gasteiger partial charge < -0.3 is 4.74 Å². The Morgan fingerprint density at radius 2 is 1.77 bits per heavy atom. The van der Waals surface area contributed by atoms with Gasteiger partial charge >= 0.3 is 0 Å². The van der Waals surface area contributed by atoms with Crippen molar-refractivity contribution in [2.45, 2.75) is 39.7 Å². The minimum Gasteiger partial charge on any atom is -0.381 e. The molecule has 1 saturated heterocycles. The van der Waals surface area contributed by atoms with Crippen molar-refractivity contribution in [1.82, 2.24) is 4.72 Å². The molecular weight excluding hydrogens is 298 g/mol. The zero-order chi connectivity index (χ0) is 16.2. The highest BCUT2D eigenvalue weighted by Crippen LogP contribution is 2.33. The topological polar surface area (TPSA) is 55.4 Å². The van der Waals surface area contributed by atoms with E-state index in [9.17, 15) is 8.42 Å². The predicted octanol–water partition coefficient (Wildman–Crippen LogP) is 3.12. The summed E-state index contributed by atoms with van der Waals surface area (Å²) >= 11 is 0. The van der Waals surface area contributed by atoms with E-state index in [2.05, 4.69) is 25.5 Å². The maximum Gasteiger partial charge on any atom is 0.212 e. The van der Waals surface area contributed by atoms with Crippen molar-refractivity contribution in [2.24, 2.45) is 11.3 Å². The molecule has 0 amide bonds. The Bertz CT molecular complexity index is 557. The van der Waals surface area contributed by atoms with Gasteiger partial charge in [0.2, 0.25) is 10.0 Å². The SMILES string of the molecule is CC(C)(C)[C@H](NS(=O)(=O)CC1CCOCC1)c1ccccc1. The van der Waals surface area contributed by atoms with Crippen LogP contribution in [0.15, 0.2) is 30.3 Å². The monoisotopic (exact) mass is 325 g/mol. The highest BCUT2D eigenvalue weighted by Gasteiger charge is 2.31. The Morgan fingerprint density at radius 1 is 1.18 bits per heavy atom. The van der Waals surface area contributed by atoms with E-state index in [-0.39, 0.29) is 23.1 Å². The summed E-state index contributed by atoms with van der Waals surface area (Å²) in [4.78, 5) is 0. The highest BCUT2D eigenvalue weighted by atomic mass is 32.2. The fraction of sp³-hybridized carbons (Fsp3) is 0.647. The van der Waals surface area contributed by atoms with Gasteiger partial charge in [0.1, 0.15) is 0 Å². The third kappa shape index (κ3) is 5.07. The lowest BCUT2D eigenvalue weighted by Gasteiger charge is -2.32. The van der Waals surface area contributed by atoms with Crippen molar-refractivity contribution in [3.05, 3.63) is 35.9 Å². The second-order valence-electron chi connectivity index (χ2n) is 7.16. The fourth-order valence-corrected chi connectivity index (χ4v) is 4.74. The van der Waals surface area contributed by atoms with Crippen LogP contribution >= 0.6 is 0 Å². The summed E-state index contributed by atoms with van der Waals surface area (Å²) in [5.41, 5.74) is 0.815. The number of hydrogen-bond donors (Lipinski definition) is 1. The van der Waals surface area contributed by atoms with E-state index in [1.165, 1.54) is 0 Å². The summed E-state index contributed by atoms with van der Waals surface area (Å²) in [7, 11) is -3.32. The normalized spacial score (nSPS) is 19.0. The third-order valence-electron chi connectivity index (χ3n) is 4.09. The standard InChI is InChI=1S/C17H27NO3S/c1-17(2,3)16(15-7-5-4-6-8-15)18-22(19,20)13-14-9-11-21-12-10-14/h4-8,14,16,18H,9-13H2,1-3H3/t16-/m1/s1. The van der Waals surface area contributed by atoms with Gasteiger partial charge in [0.15, 0.2) is 0 Å². The Kier molecular flexibility index (Phi) is 5.64. The summed E-state index contributed by atoms with van der Waals surface area (Å²) in [5, 5.41) is 0. The van der Waals surface area contributed by atoms with Gasteiger partial charge in [-0.1, -0.05) is 51.1 Å². The van der Waals surface area contributed by atoms with Crippen molar-refractivity contribution >= 4 is 10.0 Å². The quantitative estimate of drug-likeness (QED) is 0.905. The van der Waals surface area contributed by atoms with Crippen LogP contribution in [0, 0.1) is 11.3 Å². The Morgan fingerprint density at radius 3 is 2.32 bits per heavy atom. The van der Waals surface area contributed by atoms with Crippen LogP contribution in [-0.4, -0.2) is 27.4 Å². The zero-order valence-electron chi connectivity index (χ0n) is 13.7. The van der Waals surface area contributed by atoms with Gasteiger partial charge in [-0.25, -0.2) is 13.1 Å². The summed E-state index contributed by atoms with van der Waals surface area (Å²) in [6, 6.07) is 9.57. The molecule has 1 heterocycles. The number of ether oxygens (including phenoxy) is 1. The van der Waals surface area contributed by atoms with Crippen molar-refractivity contribution in [2.75, 3.05) is 19.0 Å². The van der Waals surface area contributed by atoms with E-state index in [1.54, 1.807) is 0 Å². The molecular formula is C17H27NO3S. The van der Waals surface area contributed by atoms with E-state index < -0.39 is 10.0 Å². The van der Waals surface area contributed by atoms with Crippen molar-refractivity contribution in [3.8, 4) is 0 Å². The van der Waals surface area contributed by atoms with Crippen LogP contribution in [0.25, 0.3) is 0 Å². The molecule has 1 N–H and O–H groups in total. The first-order chi connectivity index (χ1) is 10.3. The summed E-state index contributed by atoms with van der Waals surface area (Å²) in [5.74, 6) is 0.387. The molecule has 5 heteroatoms. The Hall–Kier alpha value is -0.910. The van der Waals surface area contributed by atoms with Crippen LogP contribution in [0.5, 0.6) is 0 Å². The van der Waals surface area contributed by atoms with Crippen molar-refractivity contribution in [3.63, 3.8) is 0 Å². The molecule has 124 valence electrons. The number of nitrogens with one attached hydrogen (secondary N) is 1. The zero-order valence-corrected chi connectivity index (χ0v) is 14.5. The lowest BCUT2D eigenvalue weighted by molar-refractivity contribution is 0.0722. The van der Waals surface area contributed by atoms with E-state index in [0.717, 1.165) is 18.4 Å². The number of sulfonamides is 1. The first-order valence-corrected chi connectivity index (χ1v) is 9.56. The molecule has 0 spiro atoms. The van der Waals surface area contributed by atoms with Crippen LogP contribution in [-0.2, 0) is 14.8 Å². The summed E-state index contributed by atoms with van der Waals surface area (Å²) < 4.78 is 33.4. The average molecular weight is 325 g/mol. The van der Waals surface area contributed by atoms with Gasteiger partial charge in [0.05, 0.1) is 11.8 Å². The first kappa shape index (κ1) is 17.4. The van der Waals surface area contributed by atoms with Gasteiger partial charge in [-0.05, 0) is 29.7 Å². The second kappa shape index (κ2) is 7.11. The molecule has 1 atom stereocenters. The van der Waals surface area contributed by atoms with Crippen molar-refractivity contribution in [1.29, 1.82) is 0 Å². The molecule has 1 aromatic rings. The van der Waals surface area contributed by atoms with E-state index in [4.69, 9.17) is 4.74 Å². The number of rotatable bonds is 5. The number of benzene rings is 1. The minimum absolute atomic E-state index is 0.190. The molecule has 22 heavy (non-hydrogen) atoms. The number of hydrogen-bond acceptors (Lipinski definition) is 3. The lowest BCUT2D eigenvalue weighted by Crippen LogP contribution is -2.39. The van der Waals surface area contributed by atoms with Crippen LogP contribution in [0.1, 0.15) is 45.2 Å². The minimum atomic E-state index is -3.32. The Labute approximate surface area is 134 Å². The maximum atomic E-state index is 12.6. The molecule has 1 aromatic carbocycles. The van der Waals surface area contributed by atoms with E-state index in [0.29, 0.717) is 13.2 Å². The van der Waals surface area contributed by atoms with Gasteiger partial charge in [0.25, 0.3) is 0 Å². The van der Waals surface area contributed by atoms with Gasteiger partial charge in [-0.2, -0.15) is 0 Å². The molecule has 2 rings (SSSR count). The molecule has 0 unspecified atom stereocenters. The van der Waals surface area contributed by atoms with Gasteiger partial charge in [-0.3, -0.25) is 0 Å². The molecule has 1 aliphatic heterocycles. The summed E-state index contributed by atoms with van der Waals surface area (Å²) in [6.07, 6.45) is 1.65. The van der Waals surface area contributed by atoms with Crippen LogP contribution in [0.3, 0.4) is 0 Å². The van der Waals surface area contributed by atoms with Gasteiger partial charge in [0, 0.05) is 13.2 Å². The molecule has 4 nitrogen and oxygen atoms in total.